The average Bonchev–Trinajstić information content (AvgIpc) is 2.27. The van der Waals surface area contributed by atoms with Gasteiger partial charge in [0.05, 0.1) is 20.3 Å². The van der Waals surface area contributed by atoms with E-state index < -0.39 is 0 Å². The Hall–Kier alpha value is -1.22. The van der Waals surface area contributed by atoms with Crippen LogP contribution in [0.2, 0.25) is 0 Å². The molecule has 0 saturated heterocycles. The first-order chi connectivity index (χ1) is 7.58. The standard InChI is InChI=1S/C13H20O3/c1-9(7-10(2)14)12-8-11(15-3)5-6-13(12)16-4/h5-6,8-10,14H,7H2,1-4H3. The lowest BCUT2D eigenvalue weighted by Gasteiger charge is -2.17. The molecule has 0 saturated carbocycles. The van der Waals surface area contributed by atoms with Gasteiger partial charge in [-0.05, 0) is 37.5 Å². The minimum absolute atomic E-state index is 0.241. The van der Waals surface area contributed by atoms with Gasteiger partial charge in [0.15, 0.2) is 0 Å². The Bertz CT molecular complexity index is 334. The Morgan fingerprint density at radius 3 is 2.38 bits per heavy atom. The van der Waals surface area contributed by atoms with E-state index in [4.69, 9.17) is 9.47 Å². The normalized spacial score (nSPS) is 14.3. The van der Waals surface area contributed by atoms with Crippen molar-refractivity contribution in [2.75, 3.05) is 14.2 Å². The van der Waals surface area contributed by atoms with Crippen molar-refractivity contribution in [3.8, 4) is 11.5 Å². The summed E-state index contributed by atoms with van der Waals surface area (Å²) in [5.41, 5.74) is 1.07. The van der Waals surface area contributed by atoms with E-state index in [2.05, 4.69) is 6.92 Å². The van der Waals surface area contributed by atoms with Gasteiger partial charge in [-0.15, -0.1) is 0 Å². The number of benzene rings is 1. The molecule has 1 aromatic rings. The maximum absolute atomic E-state index is 9.40. The quantitative estimate of drug-likeness (QED) is 0.835. The molecule has 0 aliphatic rings. The highest BCUT2D eigenvalue weighted by Crippen LogP contribution is 2.32. The first-order valence-corrected chi connectivity index (χ1v) is 5.48. The lowest BCUT2D eigenvalue weighted by atomic mass is 9.94. The minimum Gasteiger partial charge on any atom is -0.497 e. The van der Waals surface area contributed by atoms with Gasteiger partial charge in [0.1, 0.15) is 11.5 Å². The zero-order valence-corrected chi connectivity index (χ0v) is 10.4. The number of methoxy groups -OCH3 is 2. The molecular weight excluding hydrogens is 204 g/mol. The maximum Gasteiger partial charge on any atom is 0.122 e. The van der Waals surface area contributed by atoms with Crippen LogP contribution in [0.3, 0.4) is 0 Å². The summed E-state index contributed by atoms with van der Waals surface area (Å²) in [7, 11) is 3.30. The van der Waals surface area contributed by atoms with Crippen LogP contribution in [0.5, 0.6) is 11.5 Å². The van der Waals surface area contributed by atoms with E-state index >= 15 is 0 Å². The molecule has 0 radical (unpaired) electrons. The lowest BCUT2D eigenvalue weighted by Crippen LogP contribution is -2.07. The molecule has 0 heterocycles. The molecule has 0 spiro atoms. The van der Waals surface area contributed by atoms with Gasteiger partial charge in [-0.1, -0.05) is 6.92 Å². The van der Waals surface area contributed by atoms with Crippen molar-refractivity contribution < 1.29 is 14.6 Å². The monoisotopic (exact) mass is 224 g/mol. The van der Waals surface area contributed by atoms with Crippen LogP contribution >= 0.6 is 0 Å². The molecule has 2 atom stereocenters. The number of hydrogen-bond acceptors (Lipinski definition) is 3. The number of hydrogen-bond donors (Lipinski definition) is 1. The predicted molar refractivity (Wildman–Crippen MR) is 64.3 cm³/mol. The highest BCUT2D eigenvalue weighted by Gasteiger charge is 2.14. The third-order valence-electron chi connectivity index (χ3n) is 2.66. The Kier molecular flexibility index (Phi) is 4.62. The average molecular weight is 224 g/mol. The summed E-state index contributed by atoms with van der Waals surface area (Å²) in [6.07, 6.45) is 0.398. The SMILES string of the molecule is COc1ccc(OC)c(C(C)CC(C)O)c1. The molecule has 2 unspecified atom stereocenters. The summed E-state index contributed by atoms with van der Waals surface area (Å²) in [6, 6.07) is 5.73. The van der Waals surface area contributed by atoms with E-state index in [1.165, 1.54) is 0 Å². The molecule has 1 N–H and O–H groups in total. The number of aliphatic hydroxyl groups excluding tert-OH is 1. The Balaban J connectivity index is 2.98. The van der Waals surface area contributed by atoms with Crippen molar-refractivity contribution in [1.29, 1.82) is 0 Å². The molecule has 0 aliphatic carbocycles. The second-order valence-corrected chi connectivity index (χ2v) is 4.09. The molecule has 90 valence electrons. The summed E-state index contributed by atoms with van der Waals surface area (Å²) < 4.78 is 10.5. The van der Waals surface area contributed by atoms with Crippen molar-refractivity contribution >= 4 is 0 Å². The number of aliphatic hydroxyl groups is 1. The minimum atomic E-state index is -0.314. The van der Waals surface area contributed by atoms with Crippen LogP contribution in [0.25, 0.3) is 0 Å². The van der Waals surface area contributed by atoms with Crippen LogP contribution in [0.15, 0.2) is 18.2 Å². The molecule has 0 aromatic heterocycles. The zero-order valence-electron chi connectivity index (χ0n) is 10.4. The van der Waals surface area contributed by atoms with Crippen LogP contribution in [-0.4, -0.2) is 25.4 Å². The maximum atomic E-state index is 9.40. The summed E-state index contributed by atoms with van der Waals surface area (Å²) in [5.74, 6) is 1.90. The molecule has 3 heteroatoms. The molecule has 0 amide bonds. The zero-order chi connectivity index (χ0) is 12.1. The predicted octanol–water partition coefficient (Wildman–Crippen LogP) is 2.58. The number of ether oxygens (including phenoxy) is 2. The van der Waals surface area contributed by atoms with E-state index in [1.54, 1.807) is 21.1 Å². The topological polar surface area (TPSA) is 38.7 Å². The highest BCUT2D eigenvalue weighted by atomic mass is 16.5. The Morgan fingerprint density at radius 2 is 1.88 bits per heavy atom. The van der Waals surface area contributed by atoms with Crippen LogP contribution in [0.4, 0.5) is 0 Å². The first kappa shape index (κ1) is 12.8. The second kappa shape index (κ2) is 5.75. The van der Waals surface area contributed by atoms with Gasteiger partial charge >= 0.3 is 0 Å². The lowest BCUT2D eigenvalue weighted by molar-refractivity contribution is 0.176. The molecule has 1 rings (SSSR count). The molecule has 0 aliphatic heterocycles. The fourth-order valence-corrected chi connectivity index (χ4v) is 1.86. The van der Waals surface area contributed by atoms with Gasteiger partial charge in [0.2, 0.25) is 0 Å². The molecule has 16 heavy (non-hydrogen) atoms. The van der Waals surface area contributed by atoms with Crippen LogP contribution in [0.1, 0.15) is 31.7 Å². The van der Waals surface area contributed by atoms with Gasteiger partial charge in [-0.25, -0.2) is 0 Å². The van der Waals surface area contributed by atoms with E-state index in [0.29, 0.717) is 6.42 Å². The third-order valence-corrected chi connectivity index (χ3v) is 2.66. The van der Waals surface area contributed by atoms with E-state index in [1.807, 2.05) is 18.2 Å². The fraction of sp³-hybridized carbons (Fsp3) is 0.538. The van der Waals surface area contributed by atoms with Crippen LogP contribution in [0, 0.1) is 0 Å². The van der Waals surface area contributed by atoms with E-state index in [9.17, 15) is 5.11 Å². The van der Waals surface area contributed by atoms with Crippen molar-refractivity contribution in [2.24, 2.45) is 0 Å². The van der Waals surface area contributed by atoms with Crippen molar-refractivity contribution in [1.82, 2.24) is 0 Å². The second-order valence-electron chi connectivity index (χ2n) is 4.09. The first-order valence-electron chi connectivity index (χ1n) is 5.48. The van der Waals surface area contributed by atoms with Gasteiger partial charge in [-0.3, -0.25) is 0 Å². The van der Waals surface area contributed by atoms with E-state index in [0.717, 1.165) is 17.1 Å². The highest BCUT2D eigenvalue weighted by molar-refractivity contribution is 5.42. The molecule has 3 nitrogen and oxygen atoms in total. The van der Waals surface area contributed by atoms with Crippen LogP contribution < -0.4 is 9.47 Å². The summed E-state index contributed by atoms with van der Waals surface area (Å²) in [5, 5.41) is 9.40. The largest absolute Gasteiger partial charge is 0.497 e. The Morgan fingerprint density at radius 1 is 1.19 bits per heavy atom. The van der Waals surface area contributed by atoms with Gasteiger partial charge < -0.3 is 14.6 Å². The third kappa shape index (κ3) is 3.14. The fourth-order valence-electron chi connectivity index (χ4n) is 1.86. The number of rotatable bonds is 5. The van der Waals surface area contributed by atoms with Crippen molar-refractivity contribution in [3.05, 3.63) is 23.8 Å². The van der Waals surface area contributed by atoms with Crippen molar-refractivity contribution in [3.63, 3.8) is 0 Å². The smallest absolute Gasteiger partial charge is 0.122 e. The van der Waals surface area contributed by atoms with Gasteiger partial charge in [0.25, 0.3) is 0 Å². The van der Waals surface area contributed by atoms with E-state index in [-0.39, 0.29) is 12.0 Å². The Labute approximate surface area is 97.0 Å². The van der Waals surface area contributed by atoms with Crippen LogP contribution in [-0.2, 0) is 0 Å². The summed E-state index contributed by atoms with van der Waals surface area (Å²) in [6.45, 7) is 3.87. The molecular formula is C13H20O3. The summed E-state index contributed by atoms with van der Waals surface area (Å²) >= 11 is 0. The molecule has 1 aromatic carbocycles. The summed E-state index contributed by atoms with van der Waals surface area (Å²) in [4.78, 5) is 0. The van der Waals surface area contributed by atoms with Gasteiger partial charge in [0, 0.05) is 5.56 Å². The molecule has 0 bridgehead atoms. The van der Waals surface area contributed by atoms with Gasteiger partial charge in [-0.2, -0.15) is 0 Å². The van der Waals surface area contributed by atoms with Crippen molar-refractivity contribution in [2.45, 2.75) is 32.3 Å². The molecule has 0 fully saturated rings.